The van der Waals surface area contributed by atoms with Crippen molar-refractivity contribution in [2.45, 2.75) is 26.3 Å². The summed E-state index contributed by atoms with van der Waals surface area (Å²) in [5, 5.41) is 2.78. The van der Waals surface area contributed by atoms with Crippen molar-refractivity contribution in [1.82, 2.24) is 0 Å². The molecule has 0 spiro atoms. The van der Waals surface area contributed by atoms with Gasteiger partial charge in [-0.3, -0.25) is 4.79 Å². The van der Waals surface area contributed by atoms with Gasteiger partial charge in [0.2, 0.25) is 5.91 Å². The van der Waals surface area contributed by atoms with Crippen LogP contribution in [-0.2, 0) is 4.79 Å². The van der Waals surface area contributed by atoms with E-state index in [0.29, 0.717) is 23.8 Å². The number of methoxy groups -OCH3 is 1. The zero-order valence-electron chi connectivity index (χ0n) is 10.9. The van der Waals surface area contributed by atoms with E-state index in [-0.39, 0.29) is 5.91 Å². The molecule has 0 saturated heterocycles. The summed E-state index contributed by atoms with van der Waals surface area (Å²) in [7, 11) is 1.58. The maximum absolute atomic E-state index is 11.8. The van der Waals surface area contributed by atoms with E-state index in [1.807, 2.05) is 19.9 Å². The first-order chi connectivity index (χ1) is 8.43. The largest absolute Gasteiger partial charge is 0.495 e. The molecule has 4 nitrogen and oxygen atoms in total. The van der Waals surface area contributed by atoms with Gasteiger partial charge in [0.25, 0.3) is 0 Å². The van der Waals surface area contributed by atoms with Gasteiger partial charge in [-0.05, 0) is 40.4 Å². The number of halogens is 1. The molecule has 1 atom stereocenters. The van der Waals surface area contributed by atoms with Crippen LogP contribution in [0.15, 0.2) is 22.7 Å². The monoisotopic (exact) mass is 314 g/mol. The van der Waals surface area contributed by atoms with Crippen molar-refractivity contribution in [3.05, 3.63) is 22.7 Å². The first-order valence-corrected chi connectivity index (χ1v) is 6.63. The van der Waals surface area contributed by atoms with E-state index in [1.165, 1.54) is 0 Å². The van der Waals surface area contributed by atoms with Gasteiger partial charge in [0.05, 0.1) is 17.6 Å². The lowest BCUT2D eigenvalue weighted by molar-refractivity contribution is -0.117. The summed E-state index contributed by atoms with van der Waals surface area (Å²) in [6.07, 6.45) is 0.666. The quantitative estimate of drug-likeness (QED) is 0.878. The van der Waals surface area contributed by atoms with Crippen LogP contribution in [0.1, 0.15) is 20.3 Å². The summed E-state index contributed by atoms with van der Waals surface area (Å²) >= 11 is 3.36. The van der Waals surface area contributed by atoms with Crippen LogP contribution in [-0.4, -0.2) is 19.1 Å². The molecule has 5 heteroatoms. The van der Waals surface area contributed by atoms with Gasteiger partial charge in [0.15, 0.2) is 0 Å². The third kappa shape index (κ3) is 4.31. The summed E-state index contributed by atoms with van der Waals surface area (Å²) in [6.45, 7) is 4.07. The summed E-state index contributed by atoms with van der Waals surface area (Å²) in [6, 6.07) is 4.89. The van der Waals surface area contributed by atoms with Gasteiger partial charge in [-0.25, -0.2) is 0 Å². The molecule has 0 saturated carbocycles. The summed E-state index contributed by atoms with van der Waals surface area (Å²) in [5.41, 5.74) is 6.49. The van der Waals surface area contributed by atoms with Crippen molar-refractivity contribution in [1.29, 1.82) is 0 Å². The molecule has 0 bridgehead atoms. The normalized spacial score (nSPS) is 12.3. The summed E-state index contributed by atoms with van der Waals surface area (Å²) in [4.78, 5) is 11.8. The minimum atomic E-state index is -0.486. The Labute approximate surface area is 116 Å². The number of ether oxygens (including phenoxy) is 1. The molecule has 18 heavy (non-hydrogen) atoms. The van der Waals surface area contributed by atoms with Crippen LogP contribution >= 0.6 is 15.9 Å². The van der Waals surface area contributed by atoms with Crippen molar-refractivity contribution < 1.29 is 9.53 Å². The molecule has 100 valence electrons. The number of hydrogen-bond acceptors (Lipinski definition) is 3. The smallest absolute Gasteiger partial charge is 0.241 e. The summed E-state index contributed by atoms with van der Waals surface area (Å²) in [5.74, 6) is 0.892. The number of carbonyl (C=O) groups is 1. The molecule has 0 aliphatic carbocycles. The van der Waals surface area contributed by atoms with Gasteiger partial charge in [-0.1, -0.05) is 13.8 Å². The molecular weight excluding hydrogens is 296 g/mol. The van der Waals surface area contributed by atoms with Crippen molar-refractivity contribution in [2.75, 3.05) is 12.4 Å². The number of nitrogens with one attached hydrogen (secondary N) is 1. The van der Waals surface area contributed by atoms with Gasteiger partial charge >= 0.3 is 0 Å². The van der Waals surface area contributed by atoms with Crippen LogP contribution in [0.2, 0.25) is 0 Å². The Balaban J connectivity index is 2.70. The van der Waals surface area contributed by atoms with Gasteiger partial charge in [-0.15, -0.1) is 0 Å². The predicted molar refractivity (Wildman–Crippen MR) is 76.8 cm³/mol. The molecular formula is C13H19BrN2O2. The zero-order chi connectivity index (χ0) is 13.7. The van der Waals surface area contributed by atoms with Crippen LogP contribution in [0, 0.1) is 5.92 Å². The van der Waals surface area contributed by atoms with E-state index in [0.717, 1.165) is 4.47 Å². The summed E-state index contributed by atoms with van der Waals surface area (Å²) < 4.78 is 6.00. The van der Waals surface area contributed by atoms with Crippen molar-refractivity contribution in [3.63, 3.8) is 0 Å². The molecule has 0 aliphatic heterocycles. The predicted octanol–water partition coefficient (Wildman–Crippen LogP) is 2.77. The number of rotatable bonds is 5. The standard InChI is InChI=1S/C13H19BrN2O2/c1-8(2)6-11(15)13(17)16-9-4-5-10(14)12(7-9)18-3/h4-5,7-8,11H,6,15H2,1-3H3,(H,16,17)/t11-/m1/s1. The molecule has 0 radical (unpaired) electrons. The van der Waals surface area contributed by atoms with E-state index in [9.17, 15) is 4.79 Å². The van der Waals surface area contributed by atoms with Crippen LogP contribution in [0.5, 0.6) is 5.75 Å². The van der Waals surface area contributed by atoms with Crippen LogP contribution in [0.25, 0.3) is 0 Å². The van der Waals surface area contributed by atoms with Gasteiger partial charge in [0, 0.05) is 11.8 Å². The molecule has 1 aromatic rings. The lowest BCUT2D eigenvalue weighted by Crippen LogP contribution is -2.36. The SMILES string of the molecule is COc1cc(NC(=O)[C@H](N)CC(C)C)ccc1Br. The first-order valence-electron chi connectivity index (χ1n) is 5.84. The maximum Gasteiger partial charge on any atom is 0.241 e. The molecule has 3 N–H and O–H groups in total. The average Bonchev–Trinajstić information content (AvgIpc) is 2.30. The third-order valence-electron chi connectivity index (χ3n) is 2.48. The van der Waals surface area contributed by atoms with E-state index in [2.05, 4.69) is 21.2 Å². The van der Waals surface area contributed by atoms with Crippen molar-refractivity contribution in [2.24, 2.45) is 11.7 Å². The Kier molecular flexibility index (Phi) is 5.62. The minimum Gasteiger partial charge on any atom is -0.495 e. The highest BCUT2D eigenvalue weighted by Gasteiger charge is 2.15. The molecule has 0 heterocycles. The van der Waals surface area contributed by atoms with E-state index < -0.39 is 6.04 Å². The lowest BCUT2D eigenvalue weighted by atomic mass is 10.0. The highest BCUT2D eigenvalue weighted by molar-refractivity contribution is 9.10. The molecule has 1 rings (SSSR count). The molecule has 1 aromatic carbocycles. The molecule has 0 fully saturated rings. The number of amides is 1. The van der Waals surface area contributed by atoms with Gasteiger partial charge in [-0.2, -0.15) is 0 Å². The molecule has 0 aromatic heterocycles. The maximum atomic E-state index is 11.8. The van der Waals surface area contributed by atoms with Crippen molar-refractivity contribution in [3.8, 4) is 5.75 Å². The highest BCUT2D eigenvalue weighted by Crippen LogP contribution is 2.27. The second kappa shape index (κ2) is 6.75. The van der Waals surface area contributed by atoms with Gasteiger partial charge in [0.1, 0.15) is 5.75 Å². The average molecular weight is 315 g/mol. The second-order valence-corrected chi connectivity index (χ2v) is 5.43. The fourth-order valence-electron chi connectivity index (χ4n) is 1.59. The van der Waals surface area contributed by atoms with Crippen molar-refractivity contribution >= 4 is 27.5 Å². The Morgan fingerprint density at radius 2 is 2.17 bits per heavy atom. The Morgan fingerprint density at radius 1 is 1.50 bits per heavy atom. The number of anilines is 1. The third-order valence-corrected chi connectivity index (χ3v) is 3.14. The highest BCUT2D eigenvalue weighted by atomic mass is 79.9. The number of benzene rings is 1. The van der Waals surface area contributed by atoms with Crippen LogP contribution in [0.4, 0.5) is 5.69 Å². The van der Waals surface area contributed by atoms with Gasteiger partial charge < -0.3 is 15.8 Å². The lowest BCUT2D eigenvalue weighted by Gasteiger charge is -2.14. The zero-order valence-corrected chi connectivity index (χ0v) is 12.5. The van der Waals surface area contributed by atoms with E-state index in [4.69, 9.17) is 10.5 Å². The Bertz CT molecular complexity index is 421. The topological polar surface area (TPSA) is 64.3 Å². The number of hydrogen-bond donors (Lipinski definition) is 2. The van der Waals surface area contributed by atoms with E-state index >= 15 is 0 Å². The van der Waals surface area contributed by atoms with Crippen LogP contribution < -0.4 is 15.8 Å². The number of carbonyl (C=O) groups excluding carboxylic acids is 1. The minimum absolute atomic E-state index is 0.173. The molecule has 0 aliphatic rings. The fourth-order valence-corrected chi connectivity index (χ4v) is 2.00. The Hall–Kier alpha value is -1.07. The fraction of sp³-hybridized carbons (Fsp3) is 0.462. The first kappa shape index (κ1) is 15.0. The number of nitrogens with two attached hydrogens (primary N) is 1. The van der Waals surface area contributed by atoms with Crippen LogP contribution in [0.3, 0.4) is 0 Å². The Morgan fingerprint density at radius 3 is 2.72 bits per heavy atom. The molecule has 0 unspecified atom stereocenters. The molecule has 1 amide bonds. The van der Waals surface area contributed by atoms with E-state index in [1.54, 1.807) is 19.2 Å². The second-order valence-electron chi connectivity index (χ2n) is 4.57.